The van der Waals surface area contributed by atoms with Gasteiger partial charge in [-0.05, 0) is 72.6 Å². The molecule has 1 atom stereocenters. The number of hydrogen-bond acceptors (Lipinski definition) is 3. The molecule has 5 nitrogen and oxygen atoms in total. The maximum Gasteiger partial charge on any atom is 0.253 e. The van der Waals surface area contributed by atoms with Crippen LogP contribution in [0.5, 0.6) is 0 Å². The number of aromatic nitrogens is 1. The maximum atomic E-state index is 12.8. The van der Waals surface area contributed by atoms with Gasteiger partial charge in [-0.1, -0.05) is 43.3 Å². The van der Waals surface area contributed by atoms with Crippen LogP contribution in [0.25, 0.3) is 10.9 Å². The van der Waals surface area contributed by atoms with E-state index in [4.69, 9.17) is 17.0 Å². The standard InChI is InChI=1S/C26H31N3O2S/c1-2-19-10-11-24-21(15-19)16-22(25(30)28-24)17-29(18-23-9-6-14-31-23)26(32)27-13-12-20-7-4-3-5-8-20/h3-5,7-8,10-11,15-16,23H,2,6,9,12-14,17-18H2,1H3,(H,27,32)(H,28,30)/t23-/m1/s1. The molecule has 1 fully saturated rings. The molecule has 4 rings (SSSR count). The minimum Gasteiger partial charge on any atom is -0.376 e. The topological polar surface area (TPSA) is 57.4 Å². The van der Waals surface area contributed by atoms with Gasteiger partial charge in [-0.25, -0.2) is 0 Å². The predicted octanol–water partition coefficient (Wildman–Crippen LogP) is 4.19. The smallest absolute Gasteiger partial charge is 0.253 e. The Bertz CT molecular complexity index is 1110. The molecule has 0 saturated carbocycles. The van der Waals surface area contributed by atoms with Crippen LogP contribution in [-0.2, 0) is 24.1 Å². The highest BCUT2D eigenvalue weighted by atomic mass is 32.1. The van der Waals surface area contributed by atoms with E-state index in [-0.39, 0.29) is 11.7 Å². The zero-order chi connectivity index (χ0) is 22.3. The van der Waals surface area contributed by atoms with Crippen LogP contribution < -0.4 is 10.9 Å². The first-order valence-corrected chi connectivity index (χ1v) is 11.9. The molecule has 0 spiro atoms. The number of thiocarbonyl (C=S) groups is 1. The second-order valence-electron chi connectivity index (χ2n) is 8.38. The largest absolute Gasteiger partial charge is 0.376 e. The summed E-state index contributed by atoms with van der Waals surface area (Å²) in [5, 5.41) is 5.11. The lowest BCUT2D eigenvalue weighted by molar-refractivity contribution is 0.0897. The van der Waals surface area contributed by atoms with Crippen molar-refractivity contribution in [2.45, 2.75) is 45.3 Å². The summed E-state index contributed by atoms with van der Waals surface area (Å²) in [5.74, 6) is 0. The molecule has 32 heavy (non-hydrogen) atoms. The average Bonchev–Trinajstić information content (AvgIpc) is 3.32. The third kappa shape index (κ3) is 5.75. The second-order valence-corrected chi connectivity index (χ2v) is 8.77. The van der Waals surface area contributed by atoms with Crippen LogP contribution in [0, 0.1) is 0 Å². The number of nitrogens with one attached hydrogen (secondary N) is 2. The summed E-state index contributed by atoms with van der Waals surface area (Å²) >= 11 is 5.75. The molecule has 2 N–H and O–H groups in total. The molecular formula is C26H31N3O2S. The summed E-state index contributed by atoms with van der Waals surface area (Å²) in [6, 6.07) is 18.6. The van der Waals surface area contributed by atoms with Crippen LogP contribution >= 0.6 is 12.2 Å². The third-order valence-corrected chi connectivity index (χ3v) is 6.43. The van der Waals surface area contributed by atoms with Crippen LogP contribution in [0.2, 0.25) is 0 Å². The van der Waals surface area contributed by atoms with Gasteiger partial charge in [0.25, 0.3) is 5.56 Å². The second kappa shape index (κ2) is 10.7. The summed E-state index contributed by atoms with van der Waals surface area (Å²) in [4.78, 5) is 17.9. The molecular weight excluding hydrogens is 418 g/mol. The van der Waals surface area contributed by atoms with Crippen molar-refractivity contribution >= 4 is 28.2 Å². The van der Waals surface area contributed by atoms with E-state index in [9.17, 15) is 4.79 Å². The molecule has 168 valence electrons. The fourth-order valence-electron chi connectivity index (χ4n) is 4.17. The van der Waals surface area contributed by atoms with E-state index < -0.39 is 0 Å². The highest BCUT2D eigenvalue weighted by Crippen LogP contribution is 2.17. The summed E-state index contributed by atoms with van der Waals surface area (Å²) < 4.78 is 5.86. The Hall–Kier alpha value is -2.70. The van der Waals surface area contributed by atoms with E-state index in [1.807, 2.05) is 30.3 Å². The van der Waals surface area contributed by atoms with Crippen LogP contribution in [0.1, 0.15) is 36.5 Å². The summed E-state index contributed by atoms with van der Waals surface area (Å²) in [6.07, 6.45) is 4.10. The highest BCUT2D eigenvalue weighted by Gasteiger charge is 2.22. The molecule has 0 amide bonds. The lowest BCUT2D eigenvalue weighted by atomic mass is 10.1. The monoisotopic (exact) mass is 449 g/mol. The van der Waals surface area contributed by atoms with Gasteiger partial charge in [0.1, 0.15) is 0 Å². The molecule has 1 saturated heterocycles. The van der Waals surface area contributed by atoms with Gasteiger partial charge in [0, 0.05) is 30.8 Å². The molecule has 2 heterocycles. The van der Waals surface area contributed by atoms with Gasteiger partial charge in [0.15, 0.2) is 5.11 Å². The molecule has 1 aliphatic rings. The van der Waals surface area contributed by atoms with Crippen molar-refractivity contribution in [2.75, 3.05) is 19.7 Å². The minimum atomic E-state index is -0.0637. The molecule has 1 aliphatic heterocycles. The first-order chi connectivity index (χ1) is 15.6. The van der Waals surface area contributed by atoms with Crippen molar-refractivity contribution in [3.05, 3.63) is 81.6 Å². The zero-order valence-electron chi connectivity index (χ0n) is 18.6. The predicted molar refractivity (Wildman–Crippen MR) is 134 cm³/mol. The number of fused-ring (bicyclic) bond motifs is 1. The lowest BCUT2D eigenvalue weighted by Gasteiger charge is -2.28. The molecule has 0 radical (unpaired) electrons. The van der Waals surface area contributed by atoms with E-state index in [2.05, 4.69) is 46.4 Å². The van der Waals surface area contributed by atoms with Crippen molar-refractivity contribution in [1.82, 2.24) is 15.2 Å². The molecule has 3 aromatic rings. The first kappa shape index (κ1) is 22.5. The van der Waals surface area contributed by atoms with Crippen molar-refractivity contribution in [3.8, 4) is 0 Å². The van der Waals surface area contributed by atoms with Crippen LogP contribution in [0.15, 0.2) is 59.4 Å². The van der Waals surface area contributed by atoms with Gasteiger partial charge >= 0.3 is 0 Å². The number of pyridine rings is 1. The van der Waals surface area contributed by atoms with Gasteiger partial charge in [-0.3, -0.25) is 4.79 Å². The molecule has 0 bridgehead atoms. The van der Waals surface area contributed by atoms with E-state index in [0.717, 1.165) is 55.3 Å². The highest BCUT2D eigenvalue weighted by molar-refractivity contribution is 7.80. The van der Waals surface area contributed by atoms with Gasteiger partial charge in [-0.15, -0.1) is 0 Å². The number of ether oxygens (including phenoxy) is 1. The number of nitrogens with zero attached hydrogens (tertiary/aromatic N) is 1. The van der Waals surface area contributed by atoms with E-state index in [1.54, 1.807) is 0 Å². The normalized spacial score (nSPS) is 15.7. The zero-order valence-corrected chi connectivity index (χ0v) is 19.4. The Labute approximate surface area is 194 Å². The lowest BCUT2D eigenvalue weighted by Crippen LogP contribution is -2.44. The molecule has 0 unspecified atom stereocenters. The Morgan fingerprint density at radius 2 is 2.03 bits per heavy atom. The SMILES string of the molecule is CCc1ccc2[nH]c(=O)c(CN(C[C@H]3CCCO3)C(=S)NCCc3ccccc3)cc2c1. The van der Waals surface area contributed by atoms with Crippen molar-refractivity contribution in [1.29, 1.82) is 0 Å². The molecule has 6 heteroatoms. The van der Waals surface area contributed by atoms with Gasteiger partial charge in [0.2, 0.25) is 0 Å². The summed E-state index contributed by atoms with van der Waals surface area (Å²) in [7, 11) is 0. The van der Waals surface area contributed by atoms with Gasteiger partial charge in [-0.2, -0.15) is 0 Å². The van der Waals surface area contributed by atoms with E-state index in [1.165, 1.54) is 11.1 Å². The van der Waals surface area contributed by atoms with Crippen LogP contribution in [-0.4, -0.2) is 40.8 Å². The number of hydrogen-bond donors (Lipinski definition) is 2. The average molecular weight is 450 g/mol. The Balaban J connectivity index is 1.49. The number of benzene rings is 2. The number of aromatic amines is 1. The number of rotatable bonds is 8. The Morgan fingerprint density at radius 1 is 1.19 bits per heavy atom. The van der Waals surface area contributed by atoms with Crippen molar-refractivity contribution in [3.63, 3.8) is 0 Å². The number of aryl methyl sites for hydroxylation is 1. The molecule has 0 aliphatic carbocycles. The minimum absolute atomic E-state index is 0.0637. The molecule has 2 aromatic carbocycles. The number of H-pyrrole nitrogens is 1. The maximum absolute atomic E-state index is 12.8. The fourth-order valence-corrected chi connectivity index (χ4v) is 4.41. The van der Waals surface area contributed by atoms with Crippen LogP contribution in [0.3, 0.4) is 0 Å². The van der Waals surface area contributed by atoms with Crippen molar-refractivity contribution in [2.24, 2.45) is 0 Å². The summed E-state index contributed by atoms with van der Waals surface area (Å²) in [5.41, 5.74) is 4.04. The molecule has 1 aromatic heterocycles. The Morgan fingerprint density at radius 3 is 2.78 bits per heavy atom. The quantitative estimate of drug-likeness (QED) is 0.505. The summed E-state index contributed by atoms with van der Waals surface area (Å²) in [6.45, 7) is 4.82. The van der Waals surface area contributed by atoms with E-state index in [0.29, 0.717) is 18.2 Å². The van der Waals surface area contributed by atoms with E-state index >= 15 is 0 Å². The third-order valence-electron chi connectivity index (χ3n) is 6.02. The first-order valence-electron chi connectivity index (χ1n) is 11.5. The van der Waals surface area contributed by atoms with Crippen molar-refractivity contribution < 1.29 is 4.74 Å². The fraction of sp³-hybridized carbons (Fsp3) is 0.385. The van der Waals surface area contributed by atoms with Gasteiger partial charge < -0.3 is 19.9 Å². The van der Waals surface area contributed by atoms with Gasteiger partial charge in [0.05, 0.1) is 12.6 Å². The Kier molecular flexibility index (Phi) is 7.55. The van der Waals surface area contributed by atoms with Crippen LogP contribution in [0.4, 0.5) is 0 Å².